The summed E-state index contributed by atoms with van der Waals surface area (Å²) in [7, 11) is 1.35. The highest BCUT2D eigenvalue weighted by Crippen LogP contribution is 1.96. The molecule has 0 aromatic rings. The van der Waals surface area contributed by atoms with Crippen LogP contribution in [-0.2, 0) is 0 Å². The van der Waals surface area contributed by atoms with Gasteiger partial charge in [0.15, 0.2) is 0 Å². The Morgan fingerprint density at radius 2 is 2.00 bits per heavy atom. The molecule has 0 N–H and O–H groups in total. The van der Waals surface area contributed by atoms with E-state index in [0.29, 0.717) is 4.53 Å². The van der Waals surface area contributed by atoms with Gasteiger partial charge in [0.1, 0.15) is 0 Å². The van der Waals surface area contributed by atoms with Crippen molar-refractivity contribution in [2.45, 2.75) is 0 Å². The van der Waals surface area contributed by atoms with Gasteiger partial charge in [-0.1, -0.05) is 16.5 Å². The summed E-state index contributed by atoms with van der Waals surface area (Å²) < 4.78 is 11.8. The van der Waals surface area contributed by atoms with E-state index in [1.165, 1.54) is 7.05 Å². The summed E-state index contributed by atoms with van der Waals surface area (Å²) in [6, 6.07) is 0. The summed E-state index contributed by atoms with van der Waals surface area (Å²) in [6.45, 7) is 0. The molecule has 0 aliphatic carbocycles. The first-order valence-corrected chi connectivity index (χ1v) is 2.39. The van der Waals surface area contributed by atoms with Crippen molar-refractivity contribution >= 4 is 11.9 Å². The lowest BCUT2D eigenvalue weighted by Crippen LogP contribution is -1.87. The van der Waals surface area contributed by atoms with E-state index in [1.54, 1.807) is 6.26 Å². The van der Waals surface area contributed by atoms with Gasteiger partial charge in [0.25, 0.3) is 0 Å². The summed E-state index contributed by atoms with van der Waals surface area (Å²) >= 11 is 1.05. The third kappa shape index (κ3) is 4.24. The topological polar surface area (TPSA) is 3.24 Å². The number of hydrogen-bond acceptors (Lipinski definition) is 2. The van der Waals surface area contributed by atoms with Gasteiger partial charge >= 0.3 is 0 Å². The smallest absolute Gasteiger partial charge is 0.0293 e. The van der Waals surface area contributed by atoms with Crippen molar-refractivity contribution in [2.75, 3.05) is 13.3 Å². The van der Waals surface area contributed by atoms with Gasteiger partial charge < -0.3 is 0 Å². The average molecular weight is 95.1 g/mol. The molecular formula is C2H6FNS. The standard InChI is InChI=1S/C2H6FNS/c1-4(3)5-2/h1-2H3. The minimum Gasteiger partial charge on any atom is -0.123 e. The summed E-state index contributed by atoms with van der Waals surface area (Å²) in [5.74, 6) is 0. The first-order valence-electron chi connectivity index (χ1n) is 1.21. The van der Waals surface area contributed by atoms with Gasteiger partial charge in [-0.3, -0.25) is 0 Å². The van der Waals surface area contributed by atoms with Crippen molar-refractivity contribution in [2.24, 2.45) is 0 Å². The van der Waals surface area contributed by atoms with Crippen molar-refractivity contribution in [1.29, 1.82) is 0 Å². The zero-order valence-electron chi connectivity index (χ0n) is 3.23. The van der Waals surface area contributed by atoms with E-state index < -0.39 is 0 Å². The van der Waals surface area contributed by atoms with Crippen LogP contribution in [0.25, 0.3) is 0 Å². The van der Waals surface area contributed by atoms with E-state index in [9.17, 15) is 4.48 Å². The van der Waals surface area contributed by atoms with Crippen molar-refractivity contribution in [3.05, 3.63) is 0 Å². The molecule has 3 heteroatoms. The van der Waals surface area contributed by atoms with E-state index in [2.05, 4.69) is 0 Å². The molecule has 0 radical (unpaired) electrons. The molecule has 0 aromatic carbocycles. The highest BCUT2D eigenvalue weighted by molar-refractivity contribution is 7.96. The van der Waals surface area contributed by atoms with Gasteiger partial charge in [0.2, 0.25) is 0 Å². The molecule has 0 fully saturated rings. The van der Waals surface area contributed by atoms with Crippen LogP contribution in [0, 0.1) is 0 Å². The third-order valence-electron chi connectivity index (χ3n) is 0.252. The number of hydrogen-bond donors (Lipinski definition) is 0. The quantitative estimate of drug-likeness (QED) is 0.354. The summed E-state index contributed by atoms with van der Waals surface area (Å²) in [4.78, 5) is 0. The van der Waals surface area contributed by atoms with Crippen LogP contribution in [-0.4, -0.2) is 17.8 Å². The highest BCUT2D eigenvalue weighted by Gasteiger charge is 1.79. The maximum Gasteiger partial charge on any atom is 0.0293 e. The summed E-state index contributed by atoms with van der Waals surface area (Å²) in [6.07, 6.45) is 1.67. The molecule has 0 saturated heterocycles. The zero-order chi connectivity index (χ0) is 4.28. The molecule has 0 atom stereocenters. The molecule has 0 aliphatic heterocycles. The molecule has 0 spiro atoms. The van der Waals surface area contributed by atoms with Crippen LogP contribution in [0.3, 0.4) is 0 Å². The van der Waals surface area contributed by atoms with Crippen LogP contribution < -0.4 is 0 Å². The fourth-order valence-electron chi connectivity index (χ4n) is 0. The fourth-order valence-corrected chi connectivity index (χ4v) is 0. The Morgan fingerprint density at radius 3 is 2.00 bits per heavy atom. The number of nitrogens with zero attached hydrogens (tertiary/aromatic N) is 1. The fraction of sp³-hybridized carbons (Fsp3) is 1.00. The lowest BCUT2D eigenvalue weighted by molar-refractivity contribution is 0.202. The maximum absolute atomic E-state index is 11.2. The van der Waals surface area contributed by atoms with Crippen LogP contribution in [0.4, 0.5) is 4.48 Å². The van der Waals surface area contributed by atoms with Gasteiger partial charge in [-0.25, -0.2) is 0 Å². The Hall–Kier alpha value is 0.240. The SMILES string of the molecule is CSN(C)F. The van der Waals surface area contributed by atoms with Crippen LogP contribution in [0.1, 0.15) is 0 Å². The van der Waals surface area contributed by atoms with Crippen molar-refractivity contribution in [3.63, 3.8) is 0 Å². The maximum atomic E-state index is 11.2. The van der Waals surface area contributed by atoms with Crippen molar-refractivity contribution in [3.8, 4) is 0 Å². The van der Waals surface area contributed by atoms with Gasteiger partial charge in [-0.15, -0.1) is 4.48 Å². The molecule has 0 amide bonds. The van der Waals surface area contributed by atoms with Crippen LogP contribution in [0.5, 0.6) is 0 Å². The second kappa shape index (κ2) is 2.48. The first-order chi connectivity index (χ1) is 2.27. The monoisotopic (exact) mass is 95.0 g/mol. The van der Waals surface area contributed by atoms with Gasteiger partial charge in [-0.2, -0.15) is 0 Å². The molecule has 32 valence electrons. The van der Waals surface area contributed by atoms with E-state index in [0.717, 1.165) is 11.9 Å². The van der Waals surface area contributed by atoms with E-state index >= 15 is 0 Å². The molecule has 0 rings (SSSR count). The van der Waals surface area contributed by atoms with Gasteiger partial charge in [0.05, 0.1) is 0 Å². The number of rotatable bonds is 1. The zero-order valence-corrected chi connectivity index (χ0v) is 4.05. The van der Waals surface area contributed by atoms with E-state index in [4.69, 9.17) is 0 Å². The second-order valence-corrected chi connectivity index (χ2v) is 1.47. The second-order valence-electron chi connectivity index (χ2n) is 0.603. The normalized spacial score (nSPS) is 9.60. The molecule has 1 nitrogen and oxygen atoms in total. The lowest BCUT2D eigenvalue weighted by atomic mass is 11.6. The summed E-state index contributed by atoms with van der Waals surface area (Å²) in [5, 5.41) is 0. The van der Waals surface area contributed by atoms with Crippen LogP contribution in [0.2, 0.25) is 0 Å². The average Bonchev–Trinajstić information content (AvgIpc) is 1.38. The third-order valence-corrected chi connectivity index (χ3v) is 0.755. The first kappa shape index (κ1) is 5.24. The minimum atomic E-state index is 0.542. The van der Waals surface area contributed by atoms with E-state index in [-0.39, 0.29) is 0 Å². The predicted molar refractivity (Wildman–Crippen MR) is 22.4 cm³/mol. The number of halogens is 1. The van der Waals surface area contributed by atoms with Gasteiger partial charge in [0, 0.05) is 7.05 Å². The van der Waals surface area contributed by atoms with Crippen LogP contribution in [0.15, 0.2) is 0 Å². The highest BCUT2D eigenvalue weighted by atomic mass is 32.2. The Kier molecular flexibility index (Phi) is 2.59. The molecule has 0 aromatic heterocycles. The van der Waals surface area contributed by atoms with Crippen molar-refractivity contribution in [1.82, 2.24) is 4.53 Å². The Balaban J connectivity index is 2.54. The Labute approximate surface area is 35.2 Å². The largest absolute Gasteiger partial charge is 0.123 e. The Morgan fingerprint density at radius 1 is 1.80 bits per heavy atom. The lowest BCUT2D eigenvalue weighted by Gasteiger charge is -1.91. The molecule has 0 saturated carbocycles. The molecular weight excluding hydrogens is 89.1 g/mol. The predicted octanol–water partition coefficient (Wildman–Crippen LogP) is 1.08. The van der Waals surface area contributed by atoms with Crippen molar-refractivity contribution < 1.29 is 4.48 Å². The molecule has 0 bridgehead atoms. The Bertz CT molecular complexity index is 23.6. The van der Waals surface area contributed by atoms with Gasteiger partial charge in [-0.05, 0) is 6.26 Å². The summed E-state index contributed by atoms with van der Waals surface area (Å²) in [5.41, 5.74) is 0. The minimum absolute atomic E-state index is 0.542. The van der Waals surface area contributed by atoms with Crippen LogP contribution >= 0.6 is 11.9 Å². The molecule has 0 heterocycles. The van der Waals surface area contributed by atoms with E-state index in [1.807, 2.05) is 0 Å². The molecule has 0 aliphatic rings. The molecule has 5 heavy (non-hydrogen) atoms. The molecule has 0 unspecified atom stereocenters.